The van der Waals surface area contributed by atoms with Gasteiger partial charge in [-0.1, -0.05) is 19.1 Å². The highest BCUT2D eigenvalue weighted by atomic mass is 16.5. The van der Waals surface area contributed by atoms with Gasteiger partial charge < -0.3 is 19.7 Å². The highest BCUT2D eigenvalue weighted by Gasteiger charge is 2.35. The Morgan fingerprint density at radius 2 is 1.58 bits per heavy atom. The summed E-state index contributed by atoms with van der Waals surface area (Å²) in [7, 11) is 2.44. The van der Waals surface area contributed by atoms with E-state index in [1.54, 1.807) is 4.90 Å². The molecule has 3 rings (SSSR count). The Bertz CT molecular complexity index is 981. The second-order valence-electron chi connectivity index (χ2n) is 7.20. The van der Waals surface area contributed by atoms with Crippen LogP contribution in [0.4, 0.5) is 11.4 Å². The predicted molar refractivity (Wildman–Crippen MR) is 114 cm³/mol. The fourth-order valence-corrected chi connectivity index (χ4v) is 3.46. The molecule has 2 amide bonds. The van der Waals surface area contributed by atoms with E-state index in [-0.39, 0.29) is 41.6 Å². The lowest BCUT2D eigenvalue weighted by atomic mass is 10.1. The zero-order valence-corrected chi connectivity index (χ0v) is 17.6. The summed E-state index contributed by atoms with van der Waals surface area (Å²) in [6.07, 6.45) is 0.972. The largest absolute Gasteiger partial charge is 0.465 e. The Balaban J connectivity index is 1.77. The van der Waals surface area contributed by atoms with E-state index < -0.39 is 17.9 Å². The lowest BCUT2D eigenvalue weighted by Gasteiger charge is -2.17. The molecule has 0 saturated carbocycles. The van der Waals surface area contributed by atoms with E-state index in [0.717, 1.165) is 17.7 Å². The highest BCUT2D eigenvalue weighted by molar-refractivity contribution is 6.04. The first-order valence-corrected chi connectivity index (χ1v) is 9.88. The van der Waals surface area contributed by atoms with Gasteiger partial charge in [0.25, 0.3) is 0 Å². The monoisotopic (exact) mass is 424 g/mol. The van der Waals surface area contributed by atoms with E-state index in [1.807, 2.05) is 24.3 Å². The molecule has 1 aliphatic rings. The molecule has 0 radical (unpaired) electrons. The van der Waals surface area contributed by atoms with Crippen molar-refractivity contribution in [1.82, 2.24) is 0 Å². The summed E-state index contributed by atoms with van der Waals surface area (Å²) >= 11 is 0. The molecule has 162 valence electrons. The number of esters is 2. The average molecular weight is 424 g/mol. The van der Waals surface area contributed by atoms with Crippen LogP contribution in [0.2, 0.25) is 0 Å². The highest BCUT2D eigenvalue weighted by Crippen LogP contribution is 2.27. The average Bonchev–Trinajstić information content (AvgIpc) is 3.19. The van der Waals surface area contributed by atoms with Crippen molar-refractivity contribution in [2.45, 2.75) is 19.8 Å². The van der Waals surface area contributed by atoms with Crippen molar-refractivity contribution in [2.75, 3.05) is 31.0 Å². The molecule has 1 unspecified atom stereocenters. The van der Waals surface area contributed by atoms with Crippen molar-refractivity contribution < 1.29 is 28.7 Å². The molecule has 1 saturated heterocycles. The summed E-state index contributed by atoms with van der Waals surface area (Å²) < 4.78 is 9.41. The molecule has 0 aliphatic carbocycles. The number of hydrogen-bond acceptors (Lipinski definition) is 6. The normalized spacial score (nSPS) is 15.5. The first-order valence-electron chi connectivity index (χ1n) is 9.88. The molecule has 0 aromatic heterocycles. The smallest absolute Gasteiger partial charge is 0.337 e. The summed E-state index contributed by atoms with van der Waals surface area (Å²) in [5.41, 5.74) is 2.35. The van der Waals surface area contributed by atoms with E-state index in [4.69, 9.17) is 9.47 Å². The number of ether oxygens (including phenoxy) is 2. The minimum Gasteiger partial charge on any atom is -0.465 e. The second kappa shape index (κ2) is 9.42. The van der Waals surface area contributed by atoms with E-state index >= 15 is 0 Å². The number of carbonyl (C=O) groups is 4. The summed E-state index contributed by atoms with van der Waals surface area (Å²) in [5, 5.41) is 2.70. The van der Waals surface area contributed by atoms with Crippen LogP contribution in [-0.4, -0.2) is 44.5 Å². The molecule has 1 N–H and O–H groups in total. The summed E-state index contributed by atoms with van der Waals surface area (Å²) in [4.78, 5) is 50.7. The van der Waals surface area contributed by atoms with Crippen molar-refractivity contribution in [3.05, 3.63) is 59.2 Å². The predicted octanol–water partition coefficient (Wildman–Crippen LogP) is 2.81. The number of amides is 2. The fourth-order valence-electron chi connectivity index (χ4n) is 3.46. The number of rotatable bonds is 6. The number of nitrogens with one attached hydrogen (secondary N) is 1. The Kier molecular flexibility index (Phi) is 6.69. The minimum atomic E-state index is -0.654. The van der Waals surface area contributed by atoms with Crippen LogP contribution in [0.3, 0.4) is 0 Å². The molecule has 2 aromatic carbocycles. The maximum atomic E-state index is 12.8. The second-order valence-corrected chi connectivity index (χ2v) is 7.20. The first kappa shape index (κ1) is 22.0. The van der Waals surface area contributed by atoms with E-state index in [1.165, 1.54) is 32.4 Å². The van der Waals surface area contributed by atoms with Crippen LogP contribution in [0.15, 0.2) is 42.5 Å². The van der Waals surface area contributed by atoms with Crippen LogP contribution in [0.5, 0.6) is 0 Å². The summed E-state index contributed by atoms with van der Waals surface area (Å²) in [6.45, 7) is 2.30. The molecule has 8 nitrogen and oxygen atoms in total. The third-order valence-electron chi connectivity index (χ3n) is 5.19. The van der Waals surface area contributed by atoms with Crippen molar-refractivity contribution in [1.29, 1.82) is 0 Å². The molecule has 1 fully saturated rings. The molecule has 1 heterocycles. The van der Waals surface area contributed by atoms with Gasteiger partial charge in [-0.15, -0.1) is 0 Å². The molecule has 2 aromatic rings. The van der Waals surface area contributed by atoms with Crippen LogP contribution in [0.25, 0.3) is 0 Å². The van der Waals surface area contributed by atoms with Gasteiger partial charge >= 0.3 is 11.9 Å². The number of carbonyl (C=O) groups excluding carboxylic acids is 4. The summed E-state index contributed by atoms with van der Waals surface area (Å²) in [6, 6.07) is 11.8. The van der Waals surface area contributed by atoms with Gasteiger partial charge in [0.1, 0.15) is 0 Å². The van der Waals surface area contributed by atoms with Crippen molar-refractivity contribution in [3.63, 3.8) is 0 Å². The molecule has 8 heteroatoms. The van der Waals surface area contributed by atoms with Crippen LogP contribution >= 0.6 is 0 Å². The Labute approximate surface area is 180 Å². The quantitative estimate of drug-likeness (QED) is 0.716. The van der Waals surface area contributed by atoms with Gasteiger partial charge in [-0.3, -0.25) is 9.59 Å². The van der Waals surface area contributed by atoms with Crippen molar-refractivity contribution in [3.8, 4) is 0 Å². The number of benzene rings is 2. The Morgan fingerprint density at radius 3 is 2.10 bits per heavy atom. The maximum absolute atomic E-state index is 12.8. The van der Waals surface area contributed by atoms with Gasteiger partial charge in [0.2, 0.25) is 11.8 Å². The van der Waals surface area contributed by atoms with E-state index in [9.17, 15) is 19.2 Å². The molecule has 0 spiro atoms. The third kappa shape index (κ3) is 4.91. The van der Waals surface area contributed by atoms with Gasteiger partial charge in [0, 0.05) is 24.3 Å². The van der Waals surface area contributed by atoms with E-state index in [2.05, 4.69) is 12.2 Å². The number of aryl methyl sites for hydroxylation is 1. The molecule has 1 atom stereocenters. The lowest BCUT2D eigenvalue weighted by molar-refractivity contribution is -0.122. The topological polar surface area (TPSA) is 102 Å². The maximum Gasteiger partial charge on any atom is 0.337 e. The van der Waals surface area contributed by atoms with Gasteiger partial charge in [-0.2, -0.15) is 0 Å². The number of anilines is 2. The molecule has 31 heavy (non-hydrogen) atoms. The SMILES string of the molecule is CCc1ccc(N2CC(C(=O)Nc3cc(C(=O)OC)cc(C(=O)OC)c3)CC2=O)cc1. The molecule has 0 bridgehead atoms. The zero-order valence-electron chi connectivity index (χ0n) is 17.6. The van der Waals surface area contributed by atoms with Gasteiger partial charge in [0.15, 0.2) is 0 Å². The standard InChI is InChI=1S/C23H24N2O6/c1-4-14-5-7-19(8-6-14)25-13-17(12-20(25)26)21(27)24-18-10-15(22(28)30-2)9-16(11-18)23(29)31-3/h5-11,17H,4,12-13H2,1-3H3,(H,24,27). The molecule has 1 aliphatic heterocycles. The molecular weight excluding hydrogens is 400 g/mol. The van der Waals surface area contributed by atoms with E-state index in [0.29, 0.717) is 0 Å². The van der Waals surface area contributed by atoms with Crippen LogP contribution in [0, 0.1) is 5.92 Å². The molecular formula is C23H24N2O6. The Hall–Kier alpha value is -3.68. The van der Waals surface area contributed by atoms with Crippen molar-refractivity contribution in [2.24, 2.45) is 5.92 Å². The third-order valence-corrected chi connectivity index (χ3v) is 5.19. The Morgan fingerprint density at radius 1 is 1.00 bits per heavy atom. The van der Waals surface area contributed by atoms with Crippen LogP contribution < -0.4 is 10.2 Å². The number of hydrogen-bond donors (Lipinski definition) is 1. The van der Waals surface area contributed by atoms with Gasteiger partial charge in [0.05, 0.1) is 31.3 Å². The zero-order chi connectivity index (χ0) is 22.5. The fraction of sp³-hybridized carbons (Fsp3) is 0.304. The first-order chi connectivity index (χ1) is 14.9. The van der Waals surface area contributed by atoms with Crippen LogP contribution in [-0.2, 0) is 25.5 Å². The van der Waals surface area contributed by atoms with Gasteiger partial charge in [-0.05, 0) is 42.3 Å². The van der Waals surface area contributed by atoms with Gasteiger partial charge in [-0.25, -0.2) is 9.59 Å². The van der Waals surface area contributed by atoms with Crippen molar-refractivity contribution >= 4 is 35.1 Å². The lowest BCUT2D eigenvalue weighted by Crippen LogP contribution is -2.28. The summed E-state index contributed by atoms with van der Waals surface area (Å²) in [5.74, 6) is -2.39. The minimum absolute atomic E-state index is 0.0713. The van der Waals surface area contributed by atoms with Crippen LogP contribution in [0.1, 0.15) is 39.6 Å². The number of nitrogens with zero attached hydrogens (tertiary/aromatic N) is 1. The number of methoxy groups -OCH3 is 2.